The van der Waals surface area contributed by atoms with E-state index in [0.29, 0.717) is 13.0 Å². The molecule has 1 amide bonds. The zero-order valence-corrected chi connectivity index (χ0v) is 19.6. The summed E-state index contributed by atoms with van der Waals surface area (Å²) < 4.78 is 6.60. The molecule has 0 spiro atoms. The van der Waals surface area contributed by atoms with E-state index in [-0.39, 0.29) is 18.2 Å². The van der Waals surface area contributed by atoms with Crippen LogP contribution in [0.4, 0.5) is 10.5 Å². The third-order valence-corrected chi connectivity index (χ3v) is 6.23. The fourth-order valence-electron chi connectivity index (χ4n) is 4.28. The number of benzene rings is 1. The number of carbonyl (C=O) groups is 1. The first-order chi connectivity index (χ1) is 12.9. The van der Waals surface area contributed by atoms with Gasteiger partial charge in [0.15, 0.2) is 0 Å². The molecule has 0 aromatic heterocycles. The van der Waals surface area contributed by atoms with Gasteiger partial charge in [0.25, 0.3) is 0 Å². The quantitative estimate of drug-likeness (QED) is 0.656. The monoisotopic (exact) mass is 472 g/mol. The van der Waals surface area contributed by atoms with Crippen molar-refractivity contribution < 1.29 is 14.6 Å². The summed E-state index contributed by atoms with van der Waals surface area (Å²) in [5.74, 6) is 0. The summed E-state index contributed by atoms with van der Waals surface area (Å²) in [6.07, 6.45) is 2.35. The van der Waals surface area contributed by atoms with Crippen molar-refractivity contribution in [1.82, 2.24) is 4.90 Å². The van der Waals surface area contributed by atoms with Crippen LogP contribution < -0.4 is 4.90 Å². The molecule has 0 aliphatic carbocycles. The first kappa shape index (κ1) is 21.7. The molecule has 2 heterocycles. The number of halogens is 2. The molecule has 1 aromatic rings. The van der Waals surface area contributed by atoms with E-state index in [1.165, 1.54) is 5.56 Å². The zero-order valence-electron chi connectivity index (χ0n) is 17.3. The summed E-state index contributed by atoms with van der Waals surface area (Å²) in [6.45, 7) is 10.5. The SMILES string of the molecule is CC(C)(C)OC(=O)N1C[C@@H](N2CCCc3cc(Cl)cc(Br)c32)C[C@H]1C(C)(C)O. The van der Waals surface area contributed by atoms with Crippen LogP contribution in [-0.4, -0.2) is 52.5 Å². The standard InChI is InChI=1S/C21H30BrClN2O3/c1-20(2,3)28-19(26)25-12-15(11-17(25)21(4,5)27)24-8-6-7-13-9-14(23)10-16(22)18(13)24/h9-10,15,17,27H,6-8,11-12H2,1-5H3/t15-,17-/m0/s1. The fraction of sp³-hybridized carbons (Fsp3) is 0.667. The lowest BCUT2D eigenvalue weighted by atomic mass is 9.94. The maximum absolute atomic E-state index is 12.9. The Labute approximate surface area is 181 Å². The first-order valence-electron chi connectivity index (χ1n) is 9.83. The summed E-state index contributed by atoms with van der Waals surface area (Å²) in [7, 11) is 0. The first-order valence-corrected chi connectivity index (χ1v) is 11.0. The van der Waals surface area contributed by atoms with Gasteiger partial charge in [0.05, 0.1) is 17.3 Å². The number of aryl methyl sites for hydroxylation is 1. The maximum atomic E-state index is 12.9. The summed E-state index contributed by atoms with van der Waals surface area (Å²) in [6, 6.07) is 3.76. The van der Waals surface area contributed by atoms with Gasteiger partial charge >= 0.3 is 6.09 Å². The molecule has 1 saturated heterocycles. The van der Waals surface area contributed by atoms with E-state index in [4.69, 9.17) is 16.3 Å². The lowest BCUT2D eigenvalue weighted by Crippen LogP contribution is -2.49. The predicted octanol–water partition coefficient (Wildman–Crippen LogP) is 5.00. The molecule has 0 saturated carbocycles. The highest BCUT2D eigenvalue weighted by Gasteiger charge is 2.46. The minimum absolute atomic E-state index is 0.112. The normalized spacial score (nSPS) is 23.0. The number of amides is 1. The van der Waals surface area contributed by atoms with Crippen molar-refractivity contribution in [3.05, 3.63) is 27.2 Å². The number of likely N-dealkylation sites (tertiary alicyclic amines) is 1. The Morgan fingerprint density at radius 3 is 2.57 bits per heavy atom. The topological polar surface area (TPSA) is 53.0 Å². The van der Waals surface area contributed by atoms with Crippen molar-refractivity contribution in [2.75, 3.05) is 18.0 Å². The van der Waals surface area contributed by atoms with Gasteiger partial charge in [-0.3, -0.25) is 0 Å². The zero-order chi connectivity index (χ0) is 20.9. The average molecular weight is 474 g/mol. The molecule has 1 aromatic carbocycles. The Bertz CT molecular complexity index is 757. The van der Waals surface area contributed by atoms with E-state index in [1.807, 2.05) is 32.9 Å². The number of anilines is 1. The largest absolute Gasteiger partial charge is 0.444 e. The molecule has 0 radical (unpaired) electrons. The summed E-state index contributed by atoms with van der Waals surface area (Å²) in [4.78, 5) is 16.9. The second-order valence-corrected chi connectivity index (χ2v) is 10.7. The van der Waals surface area contributed by atoms with Crippen LogP contribution in [0, 0.1) is 0 Å². The van der Waals surface area contributed by atoms with Gasteiger partial charge in [-0.15, -0.1) is 0 Å². The minimum Gasteiger partial charge on any atom is -0.444 e. The van der Waals surface area contributed by atoms with Crippen LogP contribution in [0.5, 0.6) is 0 Å². The minimum atomic E-state index is -1.01. The van der Waals surface area contributed by atoms with Crippen molar-refractivity contribution in [2.24, 2.45) is 0 Å². The average Bonchev–Trinajstić information content (AvgIpc) is 2.98. The second kappa shape index (κ2) is 7.69. The smallest absolute Gasteiger partial charge is 0.410 e. The van der Waals surface area contributed by atoms with Crippen LogP contribution in [0.2, 0.25) is 5.02 Å². The van der Waals surface area contributed by atoms with Gasteiger partial charge in [0.1, 0.15) is 5.60 Å². The van der Waals surface area contributed by atoms with Crippen LogP contribution in [-0.2, 0) is 11.2 Å². The van der Waals surface area contributed by atoms with Crippen LogP contribution in [0.3, 0.4) is 0 Å². The van der Waals surface area contributed by atoms with Crippen molar-refractivity contribution in [2.45, 2.75) is 77.2 Å². The maximum Gasteiger partial charge on any atom is 0.410 e. The fourth-order valence-corrected chi connectivity index (χ4v) is 5.38. The van der Waals surface area contributed by atoms with Crippen LogP contribution in [0.1, 0.15) is 53.0 Å². The summed E-state index contributed by atoms with van der Waals surface area (Å²) in [5, 5.41) is 11.5. The number of hydrogen-bond acceptors (Lipinski definition) is 4. The van der Waals surface area contributed by atoms with Crippen LogP contribution in [0.25, 0.3) is 0 Å². The Morgan fingerprint density at radius 1 is 1.29 bits per heavy atom. The molecule has 0 unspecified atom stereocenters. The van der Waals surface area contributed by atoms with Gasteiger partial charge < -0.3 is 19.6 Å². The molecule has 2 aliphatic heterocycles. The highest BCUT2D eigenvalue weighted by atomic mass is 79.9. The Balaban J connectivity index is 1.90. The van der Waals surface area contributed by atoms with Crippen molar-refractivity contribution in [3.8, 4) is 0 Å². The molecule has 3 rings (SSSR count). The van der Waals surface area contributed by atoms with Crippen molar-refractivity contribution >= 4 is 39.3 Å². The van der Waals surface area contributed by atoms with E-state index in [9.17, 15) is 9.90 Å². The molecular weight excluding hydrogens is 444 g/mol. The highest BCUT2D eigenvalue weighted by Crippen LogP contribution is 2.41. The summed E-state index contributed by atoms with van der Waals surface area (Å²) >= 11 is 9.93. The lowest BCUT2D eigenvalue weighted by Gasteiger charge is -2.37. The highest BCUT2D eigenvalue weighted by molar-refractivity contribution is 9.10. The second-order valence-electron chi connectivity index (χ2n) is 9.38. The molecule has 2 aliphatic rings. The van der Waals surface area contributed by atoms with E-state index in [2.05, 4.69) is 20.8 Å². The predicted molar refractivity (Wildman–Crippen MR) is 116 cm³/mol. The van der Waals surface area contributed by atoms with Crippen molar-refractivity contribution in [1.29, 1.82) is 0 Å². The van der Waals surface area contributed by atoms with Crippen LogP contribution >= 0.6 is 27.5 Å². The molecule has 2 atom stereocenters. The van der Waals surface area contributed by atoms with Gasteiger partial charge in [-0.2, -0.15) is 0 Å². The Hall–Kier alpha value is -0.980. The Kier molecular flexibility index (Phi) is 5.97. The molecule has 1 fully saturated rings. The van der Waals surface area contributed by atoms with Gasteiger partial charge in [-0.05, 0) is 87.5 Å². The lowest BCUT2D eigenvalue weighted by molar-refractivity contribution is -0.0240. The van der Waals surface area contributed by atoms with E-state index in [0.717, 1.165) is 34.6 Å². The van der Waals surface area contributed by atoms with E-state index in [1.54, 1.807) is 18.7 Å². The number of rotatable bonds is 2. The van der Waals surface area contributed by atoms with E-state index >= 15 is 0 Å². The number of ether oxygens (including phenoxy) is 1. The number of hydrogen-bond donors (Lipinski definition) is 1. The van der Waals surface area contributed by atoms with Crippen LogP contribution in [0.15, 0.2) is 16.6 Å². The molecule has 1 N–H and O–H groups in total. The van der Waals surface area contributed by atoms with Gasteiger partial charge in [-0.25, -0.2) is 4.79 Å². The Morgan fingerprint density at radius 2 is 1.96 bits per heavy atom. The number of carbonyl (C=O) groups excluding carboxylic acids is 1. The molecule has 7 heteroatoms. The third-order valence-electron chi connectivity index (χ3n) is 5.40. The molecule has 28 heavy (non-hydrogen) atoms. The van der Waals surface area contributed by atoms with Gasteiger partial charge in [0.2, 0.25) is 0 Å². The number of aliphatic hydroxyl groups is 1. The number of nitrogens with zero attached hydrogens (tertiary/aromatic N) is 2. The third kappa shape index (κ3) is 4.60. The summed E-state index contributed by atoms with van der Waals surface area (Å²) in [5.41, 5.74) is 0.792. The van der Waals surface area contributed by atoms with Crippen molar-refractivity contribution in [3.63, 3.8) is 0 Å². The molecule has 0 bridgehead atoms. The molecular formula is C21H30BrClN2O3. The number of fused-ring (bicyclic) bond motifs is 1. The van der Waals surface area contributed by atoms with Gasteiger partial charge in [0, 0.05) is 28.6 Å². The molecule has 156 valence electrons. The molecule has 5 nitrogen and oxygen atoms in total. The van der Waals surface area contributed by atoms with Gasteiger partial charge in [-0.1, -0.05) is 11.6 Å². The van der Waals surface area contributed by atoms with E-state index < -0.39 is 11.2 Å².